The molecule has 0 unspecified atom stereocenters. The predicted molar refractivity (Wildman–Crippen MR) is 148 cm³/mol. The maximum atomic E-state index is 11.8. The van der Waals surface area contributed by atoms with Crippen molar-refractivity contribution in [3.63, 3.8) is 0 Å². The summed E-state index contributed by atoms with van der Waals surface area (Å²) in [5.41, 5.74) is 8.35. The predicted octanol–water partition coefficient (Wildman–Crippen LogP) is 8.05. The van der Waals surface area contributed by atoms with Crippen LogP contribution in [0.15, 0.2) is 72.3 Å². The molecule has 0 amide bonds. The molecule has 0 bridgehead atoms. The molecule has 0 heterocycles. The third-order valence-corrected chi connectivity index (χ3v) is 7.49. The van der Waals surface area contributed by atoms with E-state index >= 15 is 0 Å². The Morgan fingerprint density at radius 2 is 1.50 bits per heavy atom. The number of hydrogen-bond donors (Lipinski definition) is 0. The topological polar surface area (TPSA) is 35.5 Å². The Morgan fingerprint density at radius 3 is 2.11 bits per heavy atom. The number of carbonyl (C=O) groups is 1. The van der Waals surface area contributed by atoms with Crippen LogP contribution in [0.1, 0.15) is 85.6 Å². The lowest BCUT2D eigenvalue weighted by molar-refractivity contribution is 0.0600. The number of hydrogen-bond acceptors (Lipinski definition) is 3. The number of carbonyl (C=O) groups excluding carboxylic acids is 1. The van der Waals surface area contributed by atoms with Crippen molar-refractivity contribution in [1.82, 2.24) is 0 Å². The molecular weight excluding hydrogens is 444 g/mol. The van der Waals surface area contributed by atoms with Gasteiger partial charge in [0.15, 0.2) is 0 Å². The van der Waals surface area contributed by atoms with Crippen LogP contribution in [0.25, 0.3) is 6.08 Å². The third-order valence-electron chi connectivity index (χ3n) is 7.49. The van der Waals surface area contributed by atoms with Gasteiger partial charge in [-0.15, -0.1) is 0 Å². The summed E-state index contributed by atoms with van der Waals surface area (Å²) in [4.78, 5) is 11.8. The third kappa shape index (κ3) is 5.73. The second kappa shape index (κ2) is 10.3. The molecule has 1 aliphatic carbocycles. The summed E-state index contributed by atoms with van der Waals surface area (Å²) in [5.74, 6) is 0.652. The van der Waals surface area contributed by atoms with Gasteiger partial charge in [0.25, 0.3) is 0 Å². The average molecular weight is 483 g/mol. The van der Waals surface area contributed by atoms with Crippen molar-refractivity contribution in [2.75, 3.05) is 7.11 Å². The van der Waals surface area contributed by atoms with Crippen molar-refractivity contribution in [3.05, 3.63) is 106 Å². The molecule has 3 nitrogen and oxygen atoms in total. The Labute approximate surface area is 216 Å². The molecule has 1 aliphatic rings. The fraction of sp³-hybridized carbons (Fsp3) is 0.364. The van der Waals surface area contributed by atoms with Gasteiger partial charge in [-0.2, -0.15) is 0 Å². The van der Waals surface area contributed by atoms with Crippen molar-refractivity contribution in [2.45, 2.75) is 71.3 Å². The van der Waals surface area contributed by atoms with E-state index in [0.29, 0.717) is 12.2 Å². The van der Waals surface area contributed by atoms with Crippen LogP contribution in [-0.4, -0.2) is 13.1 Å². The molecule has 0 N–H and O–H groups in total. The van der Waals surface area contributed by atoms with Crippen molar-refractivity contribution < 1.29 is 14.3 Å². The fourth-order valence-electron chi connectivity index (χ4n) is 5.12. The van der Waals surface area contributed by atoms with Crippen molar-refractivity contribution in [2.24, 2.45) is 0 Å². The minimum Gasteiger partial charge on any atom is -0.489 e. The zero-order valence-electron chi connectivity index (χ0n) is 22.5. The smallest absolute Gasteiger partial charge is 0.337 e. The summed E-state index contributed by atoms with van der Waals surface area (Å²) < 4.78 is 11.3. The maximum absolute atomic E-state index is 11.8. The molecule has 4 rings (SSSR count). The number of allylic oxidation sites excluding steroid dienone is 1. The Hall–Kier alpha value is -3.33. The molecule has 36 heavy (non-hydrogen) atoms. The Bertz CT molecular complexity index is 1250. The van der Waals surface area contributed by atoms with Crippen LogP contribution < -0.4 is 4.74 Å². The van der Waals surface area contributed by atoms with E-state index < -0.39 is 0 Å². The second-order valence-electron chi connectivity index (χ2n) is 11.3. The van der Waals surface area contributed by atoms with Crippen LogP contribution in [0.4, 0.5) is 0 Å². The normalized spacial score (nSPS) is 16.2. The van der Waals surface area contributed by atoms with E-state index in [1.807, 2.05) is 30.3 Å². The minimum absolute atomic E-state index is 0.126. The van der Waals surface area contributed by atoms with Crippen molar-refractivity contribution in [1.29, 1.82) is 0 Å². The highest BCUT2D eigenvalue weighted by molar-refractivity contribution is 5.89. The lowest BCUT2D eigenvalue weighted by Crippen LogP contribution is -2.34. The largest absolute Gasteiger partial charge is 0.489 e. The molecule has 0 fully saturated rings. The highest BCUT2D eigenvalue weighted by Gasteiger charge is 2.37. The van der Waals surface area contributed by atoms with E-state index in [-0.39, 0.29) is 16.8 Å². The van der Waals surface area contributed by atoms with Crippen LogP contribution >= 0.6 is 0 Å². The van der Waals surface area contributed by atoms with E-state index in [2.05, 4.69) is 77.1 Å². The van der Waals surface area contributed by atoms with Gasteiger partial charge in [0.2, 0.25) is 0 Å². The fourth-order valence-corrected chi connectivity index (χ4v) is 5.12. The summed E-state index contributed by atoms with van der Waals surface area (Å²) in [6.07, 6.45) is 5.33. The highest BCUT2D eigenvalue weighted by atomic mass is 16.5. The summed E-state index contributed by atoms with van der Waals surface area (Å²) >= 11 is 0. The van der Waals surface area contributed by atoms with E-state index in [1.54, 1.807) is 0 Å². The van der Waals surface area contributed by atoms with Gasteiger partial charge in [0.1, 0.15) is 12.4 Å². The van der Waals surface area contributed by atoms with Crippen LogP contribution in [0.2, 0.25) is 0 Å². The monoisotopic (exact) mass is 482 g/mol. The van der Waals surface area contributed by atoms with Gasteiger partial charge >= 0.3 is 5.97 Å². The number of methoxy groups -OCH3 is 1. The van der Waals surface area contributed by atoms with E-state index in [4.69, 9.17) is 9.47 Å². The quantitative estimate of drug-likeness (QED) is 0.320. The van der Waals surface area contributed by atoms with Crippen LogP contribution in [0, 0.1) is 0 Å². The molecule has 0 atom stereocenters. The van der Waals surface area contributed by atoms with Crippen LogP contribution in [0.5, 0.6) is 5.75 Å². The molecule has 188 valence electrons. The lowest BCUT2D eigenvalue weighted by atomic mass is 9.63. The highest BCUT2D eigenvalue weighted by Crippen LogP contribution is 2.48. The van der Waals surface area contributed by atoms with E-state index in [1.165, 1.54) is 47.8 Å². The minimum atomic E-state index is -0.318. The summed E-state index contributed by atoms with van der Waals surface area (Å²) in [7, 11) is 1.40. The van der Waals surface area contributed by atoms with Gasteiger partial charge in [0.05, 0.1) is 12.7 Å². The summed E-state index contributed by atoms with van der Waals surface area (Å²) in [6, 6.07) is 22.6. The summed E-state index contributed by atoms with van der Waals surface area (Å²) in [5, 5.41) is 0. The molecule has 3 aromatic carbocycles. The van der Waals surface area contributed by atoms with Crippen molar-refractivity contribution >= 4 is 12.0 Å². The Morgan fingerprint density at radius 1 is 0.889 bits per heavy atom. The molecule has 0 radical (unpaired) electrons. The lowest BCUT2D eigenvalue weighted by Gasteiger charge is -2.42. The number of benzene rings is 3. The maximum Gasteiger partial charge on any atom is 0.337 e. The number of ether oxygens (including phenoxy) is 2. The second-order valence-corrected chi connectivity index (χ2v) is 11.3. The first-order valence-corrected chi connectivity index (χ1v) is 12.8. The summed E-state index contributed by atoms with van der Waals surface area (Å²) in [6.45, 7) is 12.1. The first-order valence-electron chi connectivity index (χ1n) is 12.8. The van der Waals surface area contributed by atoms with Gasteiger partial charge in [-0.05, 0) is 83.0 Å². The Kier molecular flexibility index (Phi) is 7.40. The molecule has 3 heteroatoms. The van der Waals surface area contributed by atoms with Gasteiger partial charge in [-0.1, -0.05) is 87.9 Å². The van der Waals surface area contributed by atoms with Gasteiger partial charge in [0, 0.05) is 0 Å². The zero-order valence-corrected chi connectivity index (χ0v) is 22.5. The van der Waals surface area contributed by atoms with Crippen LogP contribution in [-0.2, 0) is 28.6 Å². The van der Waals surface area contributed by atoms with Crippen LogP contribution in [0.3, 0.4) is 0 Å². The molecular formula is C33H38O3. The molecule has 0 aromatic heterocycles. The average Bonchev–Trinajstić information content (AvgIpc) is 2.86. The molecule has 0 aliphatic heterocycles. The van der Waals surface area contributed by atoms with Gasteiger partial charge in [-0.3, -0.25) is 0 Å². The number of esters is 1. The number of rotatable bonds is 7. The molecule has 0 saturated heterocycles. The molecule has 0 spiro atoms. The van der Waals surface area contributed by atoms with Gasteiger partial charge in [-0.25, -0.2) is 4.79 Å². The first-order chi connectivity index (χ1) is 17.1. The van der Waals surface area contributed by atoms with E-state index in [9.17, 15) is 4.79 Å². The van der Waals surface area contributed by atoms with Crippen molar-refractivity contribution in [3.8, 4) is 5.75 Å². The molecule has 3 aromatic rings. The van der Waals surface area contributed by atoms with E-state index in [0.717, 1.165) is 17.7 Å². The Balaban J connectivity index is 1.68. The SMILES string of the molecule is COC(=O)c1ccc(C=C(C)Cc2cc3c(cc2OCc2ccccc2)C(C)(C)CCC3(C)C)cc1. The van der Waals surface area contributed by atoms with Gasteiger partial charge < -0.3 is 9.47 Å². The number of fused-ring (bicyclic) bond motifs is 1. The zero-order chi connectivity index (χ0) is 25.9. The molecule has 0 saturated carbocycles. The first kappa shape index (κ1) is 25.8. The standard InChI is InChI=1S/C33H38O3/c1-23(18-24-12-14-26(15-13-24)31(34)35-6)19-27-20-28-29(33(4,5)17-16-32(28,2)3)21-30(27)36-22-25-10-8-7-9-11-25/h7-15,18,20-21H,16-17,19,22H2,1-6H3.